The first kappa shape index (κ1) is 11.7. The Morgan fingerprint density at radius 1 is 1.40 bits per heavy atom. The highest BCUT2D eigenvalue weighted by Gasteiger charge is 1.99. The minimum absolute atomic E-state index is 0.174. The zero-order valence-corrected chi connectivity index (χ0v) is 9.02. The highest BCUT2D eigenvalue weighted by atomic mass is 16.6. The third-order valence-electron chi connectivity index (χ3n) is 2.01. The standard InChI is InChI=1S/C13H17NO/c1-3-7-13(14-15-2)11-10-12-8-5-4-6-9-12/h3-6,8-11,13-14H,1,7H2,2H3/b11-10+. The first-order chi connectivity index (χ1) is 7.36. The van der Waals surface area contributed by atoms with E-state index in [2.05, 4.69) is 36.3 Å². The second-order valence-corrected chi connectivity index (χ2v) is 3.22. The Hall–Kier alpha value is -1.38. The van der Waals surface area contributed by atoms with E-state index in [1.165, 1.54) is 5.56 Å². The fourth-order valence-corrected chi connectivity index (χ4v) is 1.29. The smallest absolute Gasteiger partial charge is 0.0572 e. The SMILES string of the molecule is C=CCC(/C=C/c1ccccc1)NOC. The molecule has 0 radical (unpaired) electrons. The Bertz CT molecular complexity index is 306. The number of hydrogen-bond acceptors (Lipinski definition) is 2. The highest BCUT2D eigenvalue weighted by molar-refractivity contribution is 5.49. The molecule has 0 saturated heterocycles. The summed E-state index contributed by atoms with van der Waals surface area (Å²) in [5, 5.41) is 0. The van der Waals surface area contributed by atoms with Gasteiger partial charge in [-0.05, 0) is 12.0 Å². The molecule has 0 saturated carbocycles. The minimum atomic E-state index is 0.174. The van der Waals surface area contributed by atoms with Crippen LogP contribution in [0.25, 0.3) is 6.08 Å². The lowest BCUT2D eigenvalue weighted by Crippen LogP contribution is -2.25. The van der Waals surface area contributed by atoms with Gasteiger partial charge in [0.05, 0.1) is 13.2 Å². The van der Waals surface area contributed by atoms with Crippen LogP contribution in [-0.4, -0.2) is 13.2 Å². The Labute approximate surface area is 91.2 Å². The Balaban J connectivity index is 2.56. The van der Waals surface area contributed by atoms with Gasteiger partial charge < -0.3 is 4.84 Å². The van der Waals surface area contributed by atoms with E-state index >= 15 is 0 Å². The second kappa shape index (κ2) is 6.98. The van der Waals surface area contributed by atoms with Crippen molar-refractivity contribution in [2.75, 3.05) is 7.11 Å². The second-order valence-electron chi connectivity index (χ2n) is 3.22. The van der Waals surface area contributed by atoms with Gasteiger partial charge in [0.25, 0.3) is 0 Å². The summed E-state index contributed by atoms with van der Waals surface area (Å²) in [7, 11) is 1.62. The average Bonchev–Trinajstić information content (AvgIpc) is 2.28. The van der Waals surface area contributed by atoms with Crippen LogP contribution in [0.4, 0.5) is 0 Å². The van der Waals surface area contributed by atoms with Gasteiger partial charge >= 0.3 is 0 Å². The van der Waals surface area contributed by atoms with E-state index in [0.29, 0.717) is 0 Å². The van der Waals surface area contributed by atoms with Gasteiger partial charge in [-0.2, -0.15) is 5.48 Å². The normalized spacial score (nSPS) is 12.9. The molecule has 1 unspecified atom stereocenters. The summed E-state index contributed by atoms with van der Waals surface area (Å²) >= 11 is 0. The molecule has 80 valence electrons. The van der Waals surface area contributed by atoms with Crippen molar-refractivity contribution in [2.45, 2.75) is 12.5 Å². The fraction of sp³-hybridized carbons (Fsp3) is 0.231. The third kappa shape index (κ3) is 4.58. The van der Waals surface area contributed by atoms with Crippen molar-refractivity contribution in [3.63, 3.8) is 0 Å². The van der Waals surface area contributed by atoms with Crippen LogP contribution in [0.2, 0.25) is 0 Å². The van der Waals surface area contributed by atoms with Gasteiger partial charge in [-0.15, -0.1) is 6.58 Å². The van der Waals surface area contributed by atoms with Gasteiger partial charge in [-0.3, -0.25) is 0 Å². The molecule has 0 aliphatic rings. The maximum atomic E-state index is 4.90. The summed E-state index contributed by atoms with van der Waals surface area (Å²) in [5.41, 5.74) is 4.08. The maximum absolute atomic E-state index is 4.90. The van der Waals surface area contributed by atoms with Crippen molar-refractivity contribution in [3.8, 4) is 0 Å². The molecule has 1 N–H and O–H groups in total. The first-order valence-electron chi connectivity index (χ1n) is 4.99. The maximum Gasteiger partial charge on any atom is 0.0572 e. The summed E-state index contributed by atoms with van der Waals surface area (Å²) in [4.78, 5) is 4.90. The Morgan fingerprint density at radius 3 is 2.73 bits per heavy atom. The van der Waals surface area contributed by atoms with Gasteiger partial charge in [0.1, 0.15) is 0 Å². The van der Waals surface area contributed by atoms with E-state index in [9.17, 15) is 0 Å². The van der Waals surface area contributed by atoms with Gasteiger partial charge in [0, 0.05) is 0 Å². The van der Waals surface area contributed by atoms with Crippen LogP contribution in [-0.2, 0) is 4.84 Å². The van der Waals surface area contributed by atoms with E-state index < -0.39 is 0 Å². The Morgan fingerprint density at radius 2 is 2.13 bits per heavy atom. The van der Waals surface area contributed by atoms with E-state index in [-0.39, 0.29) is 6.04 Å². The van der Waals surface area contributed by atoms with E-state index in [1.807, 2.05) is 24.3 Å². The molecular weight excluding hydrogens is 186 g/mol. The molecule has 0 fully saturated rings. The summed E-state index contributed by atoms with van der Waals surface area (Å²) in [6.07, 6.45) is 6.85. The zero-order chi connectivity index (χ0) is 10.9. The third-order valence-corrected chi connectivity index (χ3v) is 2.01. The minimum Gasteiger partial charge on any atom is -0.305 e. The molecule has 0 amide bonds. The summed E-state index contributed by atoms with van der Waals surface area (Å²) in [6.45, 7) is 3.71. The molecule has 1 aromatic rings. The largest absolute Gasteiger partial charge is 0.305 e. The summed E-state index contributed by atoms with van der Waals surface area (Å²) in [5.74, 6) is 0. The van der Waals surface area contributed by atoms with E-state index in [0.717, 1.165) is 6.42 Å². The van der Waals surface area contributed by atoms with Crippen molar-refractivity contribution in [2.24, 2.45) is 0 Å². The molecule has 0 bridgehead atoms. The van der Waals surface area contributed by atoms with Crippen LogP contribution in [0.3, 0.4) is 0 Å². The predicted molar refractivity (Wildman–Crippen MR) is 64.2 cm³/mol. The number of nitrogens with one attached hydrogen (secondary N) is 1. The molecule has 0 aromatic heterocycles. The van der Waals surface area contributed by atoms with Crippen LogP contribution in [0.5, 0.6) is 0 Å². The predicted octanol–water partition coefficient (Wildman–Crippen LogP) is 2.80. The summed E-state index contributed by atoms with van der Waals surface area (Å²) < 4.78 is 0. The number of hydroxylamine groups is 1. The van der Waals surface area contributed by atoms with E-state index in [4.69, 9.17) is 4.84 Å². The number of hydrogen-bond donors (Lipinski definition) is 1. The molecule has 15 heavy (non-hydrogen) atoms. The van der Waals surface area contributed by atoms with Crippen molar-refractivity contribution in [3.05, 3.63) is 54.6 Å². The quantitative estimate of drug-likeness (QED) is 0.567. The van der Waals surface area contributed by atoms with E-state index in [1.54, 1.807) is 7.11 Å². The lowest BCUT2D eigenvalue weighted by Gasteiger charge is -2.10. The number of rotatable bonds is 6. The molecular formula is C13H17NO. The van der Waals surface area contributed by atoms with Crippen LogP contribution < -0.4 is 5.48 Å². The van der Waals surface area contributed by atoms with Crippen LogP contribution in [0, 0.1) is 0 Å². The van der Waals surface area contributed by atoms with Crippen molar-refractivity contribution >= 4 is 6.08 Å². The first-order valence-corrected chi connectivity index (χ1v) is 4.99. The van der Waals surface area contributed by atoms with Gasteiger partial charge in [0.15, 0.2) is 0 Å². The molecule has 2 nitrogen and oxygen atoms in total. The molecule has 0 aliphatic carbocycles. The molecule has 0 spiro atoms. The molecule has 1 aromatic carbocycles. The molecule has 0 aliphatic heterocycles. The summed E-state index contributed by atoms with van der Waals surface area (Å²) in [6, 6.07) is 10.3. The van der Waals surface area contributed by atoms with Crippen molar-refractivity contribution in [1.29, 1.82) is 0 Å². The van der Waals surface area contributed by atoms with Gasteiger partial charge in [-0.1, -0.05) is 48.6 Å². The molecule has 2 heteroatoms. The monoisotopic (exact) mass is 203 g/mol. The topological polar surface area (TPSA) is 21.3 Å². The number of benzene rings is 1. The molecule has 1 rings (SSSR count). The van der Waals surface area contributed by atoms with Crippen LogP contribution >= 0.6 is 0 Å². The fourth-order valence-electron chi connectivity index (χ4n) is 1.29. The van der Waals surface area contributed by atoms with Gasteiger partial charge in [0.2, 0.25) is 0 Å². The van der Waals surface area contributed by atoms with Crippen molar-refractivity contribution in [1.82, 2.24) is 5.48 Å². The average molecular weight is 203 g/mol. The Kier molecular flexibility index (Phi) is 5.44. The lowest BCUT2D eigenvalue weighted by atomic mass is 10.1. The zero-order valence-electron chi connectivity index (χ0n) is 9.02. The van der Waals surface area contributed by atoms with Crippen LogP contribution in [0.1, 0.15) is 12.0 Å². The highest BCUT2D eigenvalue weighted by Crippen LogP contribution is 2.04. The molecule has 1 atom stereocenters. The van der Waals surface area contributed by atoms with Gasteiger partial charge in [-0.25, -0.2) is 0 Å². The van der Waals surface area contributed by atoms with Crippen LogP contribution in [0.15, 0.2) is 49.1 Å². The molecule has 0 heterocycles. The van der Waals surface area contributed by atoms with Crippen molar-refractivity contribution < 1.29 is 4.84 Å². The lowest BCUT2D eigenvalue weighted by molar-refractivity contribution is 0.0746.